The number of hydrogen-bond donors (Lipinski definition) is 2. The maximum absolute atomic E-state index is 12.1. The highest BCUT2D eigenvalue weighted by molar-refractivity contribution is 5.94. The first-order valence-electron chi connectivity index (χ1n) is 9.47. The summed E-state index contributed by atoms with van der Waals surface area (Å²) in [4.78, 5) is 35.0. The fourth-order valence-corrected chi connectivity index (χ4v) is 2.57. The molecule has 2 N–H and O–H groups in total. The number of aryl methyl sites for hydroxylation is 1. The molecule has 0 aliphatic rings. The third-order valence-electron chi connectivity index (χ3n) is 3.99. The van der Waals surface area contributed by atoms with E-state index in [0.29, 0.717) is 43.9 Å². The van der Waals surface area contributed by atoms with Crippen molar-refractivity contribution in [2.24, 2.45) is 0 Å². The van der Waals surface area contributed by atoms with Crippen molar-refractivity contribution in [1.82, 2.24) is 10.6 Å². The lowest BCUT2D eigenvalue weighted by Crippen LogP contribution is -2.34. The van der Waals surface area contributed by atoms with Gasteiger partial charge in [-0.2, -0.15) is 0 Å². The molecule has 0 atom stereocenters. The molecule has 2 aromatic rings. The van der Waals surface area contributed by atoms with Gasteiger partial charge in [-0.05, 0) is 43.2 Å². The van der Waals surface area contributed by atoms with Crippen molar-refractivity contribution in [3.8, 4) is 11.5 Å². The number of nitrogens with one attached hydrogen (secondary N) is 2. The monoisotopic (exact) mass is 398 g/mol. The summed E-state index contributed by atoms with van der Waals surface area (Å²) in [7, 11) is 0. The van der Waals surface area contributed by atoms with E-state index >= 15 is 0 Å². The third-order valence-corrected chi connectivity index (χ3v) is 3.99. The zero-order valence-electron chi connectivity index (χ0n) is 16.7. The number of amides is 2. The van der Waals surface area contributed by atoms with E-state index in [0.717, 1.165) is 11.3 Å². The van der Waals surface area contributed by atoms with Crippen LogP contribution in [-0.4, -0.2) is 37.5 Å². The highest BCUT2D eigenvalue weighted by Crippen LogP contribution is 2.16. The minimum absolute atomic E-state index is 0.0931. The molecule has 0 unspecified atom stereocenters. The first kappa shape index (κ1) is 21.9. The van der Waals surface area contributed by atoms with Crippen molar-refractivity contribution in [3.63, 3.8) is 0 Å². The molecule has 0 fully saturated rings. The van der Waals surface area contributed by atoms with E-state index in [2.05, 4.69) is 10.6 Å². The number of carbonyl (C=O) groups is 3. The zero-order chi connectivity index (χ0) is 21.1. The predicted octanol–water partition coefficient (Wildman–Crippen LogP) is 2.63. The number of ether oxygens (including phenoxy) is 2. The molecule has 0 aliphatic carbocycles. The van der Waals surface area contributed by atoms with Crippen LogP contribution in [0.5, 0.6) is 11.5 Å². The lowest BCUT2D eigenvalue weighted by molar-refractivity contribution is -0.131. The van der Waals surface area contributed by atoms with Gasteiger partial charge in [0.15, 0.2) is 0 Å². The Morgan fingerprint density at radius 1 is 0.966 bits per heavy atom. The van der Waals surface area contributed by atoms with Gasteiger partial charge in [0.1, 0.15) is 11.5 Å². The first-order chi connectivity index (χ1) is 14.0. The topological polar surface area (TPSA) is 93.7 Å². The maximum Gasteiger partial charge on any atom is 0.308 e. The molecule has 0 aliphatic heterocycles. The molecule has 0 saturated heterocycles. The van der Waals surface area contributed by atoms with Crippen LogP contribution in [0.2, 0.25) is 0 Å². The van der Waals surface area contributed by atoms with Crippen molar-refractivity contribution < 1.29 is 23.9 Å². The Balaban J connectivity index is 1.61. The molecule has 0 radical (unpaired) electrons. The molecular formula is C22H26N2O5. The Bertz CT molecular complexity index is 851. The van der Waals surface area contributed by atoms with E-state index < -0.39 is 5.97 Å². The van der Waals surface area contributed by atoms with Crippen molar-refractivity contribution in [3.05, 3.63) is 59.7 Å². The number of hydrogen-bond acceptors (Lipinski definition) is 5. The first-order valence-corrected chi connectivity index (χ1v) is 9.47. The van der Waals surface area contributed by atoms with Gasteiger partial charge in [0, 0.05) is 32.0 Å². The molecule has 0 spiro atoms. The largest absolute Gasteiger partial charge is 0.493 e. The molecule has 2 aromatic carbocycles. The highest BCUT2D eigenvalue weighted by atomic mass is 16.5. The van der Waals surface area contributed by atoms with Gasteiger partial charge in [-0.1, -0.05) is 24.3 Å². The average Bonchev–Trinajstić information content (AvgIpc) is 2.69. The van der Waals surface area contributed by atoms with Crippen LogP contribution in [0, 0.1) is 6.92 Å². The summed E-state index contributed by atoms with van der Waals surface area (Å²) in [6, 6.07) is 14.1. The van der Waals surface area contributed by atoms with Crippen LogP contribution in [0.15, 0.2) is 48.5 Å². The summed E-state index contributed by atoms with van der Waals surface area (Å²) in [5.74, 6) is 0.290. The second kappa shape index (κ2) is 11.5. The number of para-hydroxylation sites is 1. The summed E-state index contributed by atoms with van der Waals surface area (Å²) in [5.41, 5.74) is 1.44. The van der Waals surface area contributed by atoms with Crippen molar-refractivity contribution in [2.45, 2.75) is 26.7 Å². The Morgan fingerprint density at radius 2 is 1.72 bits per heavy atom. The van der Waals surface area contributed by atoms with Crippen molar-refractivity contribution >= 4 is 17.8 Å². The van der Waals surface area contributed by atoms with Crippen molar-refractivity contribution in [1.29, 1.82) is 0 Å². The minimum atomic E-state index is -0.449. The van der Waals surface area contributed by atoms with Crippen LogP contribution in [0.4, 0.5) is 0 Å². The van der Waals surface area contributed by atoms with Gasteiger partial charge in [-0.3, -0.25) is 14.4 Å². The normalized spacial score (nSPS) is 10.1. The molecule has 29 heavy (non-hydrogen) atoms. The molecule has 7 heteroatoms. The molecule has 0 heterocycles. The van der Waals surface area contributed by atoms with Crippen LogP contribution < -0.4 is 20.1 Å². The van der Waals surface area contributed by atoms with Crippen LogP contribution in [0.25, 0.3) is 0 Å². The zero-order valence-corrected chi connectivity index (χ0v) is 16.7. The van der Waals surface area contributed by atoms with Crippen LogP contribution >= 0.6 is 0 Å². The SMILES string of the molecule is CC(=O)Oc1cccc(C(=O)NCCNC(=O)CCCOc2ccccc2C)c1. The smallest absolute Gasteiger partial charge is 0.308 e. The van der Waals surface area contributed by atoms with Gasteiger partial charge in [0.25, 0.3) is 5.91 Å². The summed E-state index contributed by atoms with van der Waals surface area (Å²) in [6.07, 6.45) is 0.958. The van der Waals surface area contributed by atoms with Gasteiger partial charge >= 0.3 is 5.97 Å². The van der Waals surface area contributed by atoms with Gasteiger partial charge in [0.05, 0.1) is 6.61 Å². The lowest BCUT2D eigenvalue weighted by atomic mass is 10.2. The number of esters is 1. The van der Waals surface area contributed by atoms with E-state index in [1.807, 2.05) is 31.2 Å². The number of benzene rings is 2. The third kappa shape index (κ3) is 8.04. The van der Waals surface area contributed by atoms with E-state index in [1.165, 1.54) is 13.0 Å². The van der Waals surface area contributed by atoms with Crippen LogP contribution in [0.1, 0.15) is 35.7 Å². The van der Waals surface area contributed by atoms with Gasteiger partial charge in [0.2, 0.25) is 5.91 Å². The molecular weight excluding hydrogens is 372 g/mol. The maximum atomic E-state index is 12.1. The fourth-order valence-electron chi connectivity index (χ4n) is 2.57. The summed E-state index contributed by atoms with van der Waals surface area (Å²) >= 11 is 0. The Morgan fingerprint density at radius 3 is 2.48 bits per heavy atom. The van der Waals surface area contributed by atoms with Crippen LogP contribution in [-0.2, 0) is 9.59 Å². The standard InChI is InChI=1S/C22H26N2O5/c1-16-7-3-4-10-20(16)28-14-6-11-21(26)23-12-13-24-22(27)18-8-5-9-19(15-18)29-17(2)25/h3-5,7-10,15H,6,11-14H2,1-2H3,(H,23,26)(H,24,27). The van der Waals surface area contributed by atoms with E-state index in [4.69, 9.17) is 9.47 Å². The highest BCUT2D eigenvalue weighted by Gasteiger charge is 2.08. The van der Waals surface area contributed by atoms with E-state index in [-0.39, 0.29) is 11.8 Å². The summed E-state index contributed by atoms with van der Waals surface area (Å²) in [5, 5.41) is 5.47. The molecule has 0 saturated carbocycles. The molecule has 0 aromatic heterocycles. The Labute approximate surface area is 170 Å². The van der Waals surface area contributed by atoms with Crippen LogP contribution in [0.3, 0.4) is 0 Å². The average molecular weight is 398 g/mol. The second-order valence-corrected chi connectivity index (χ2v) is 6.44. The van der Waals surface area contributed by atoms with Gasteiger partial charge in [-0.25, -0.2) is 0 Å². The molecule has 2 amide bonds. The number of rotatable bonds is 10. The van der Waals surface area contributed by atoms with E-state index in [1.54, 1.807) is 18.2 Å². The summed E-state index contributed by atoms with van der Waals surface area (Å²) in [6.45, 7) is 4.36. The molecule has 7 nitrogen and oxygen atoms in total. The predicted molar refractivity (Wildman–Crippen MR) is 109 cm³/mol. The lowest BCUT2D eigenvalue weighted by Gasteiger charge is -2.10. The molecule has 2 rings (SSSR count). The number of carbonyl (C=O) groups excluding carboxylic acids is 3. The fraction of sp³-hybridized carbons (Fsp3) is 0.318. The minimum Gasteiger partial charge on any atom is -0.493 e. The van der Waals surface area contributed by atoms with Crippen molar-refractivity contribution in [2.75, 3.05) is 19.7 Å². The second-order valence-electron chi connectivity index (χ2n) is 6.44. The summed E-state index contributed by atoms with van der Waals surface area (Å²) < 4.78 is 10.6. The molecule has 154 valence electrons. The van der Waals surface area contributed by atoms with E-state index in [9.17, 15) is 14.4 Å². The Hall–Kier alpha value is -3.35. The molecule has 0 bridgehead atoms. The quantitative estimate of drug-likeness (QED) is 0.365. The van der Waals surface area contributed by atoms with Gasteiger partial charge < -0.3 is 20.1 Å². The van der Waals surface area contributed by atoms with Gasteiger partial charge in [-0.15, -0.1) is 0 Å². The Kier molecular flexibility index (Phi) is 8.69.